The van der Waals surface area contributed by atoms with Crippen LogP contribution in [0.1, 0.15) is 48.0 Å². The Morgan fingerprint density at radius 3 is 2.17 bits per heavy atom. The summed E-state index contributed by atoms with van der Waals surface area (Å²) in [6.45, 7) is 11.0. The van der Waals surface area contributed by atoms with Crippen LogP contribution in [0.5, 0.6) is 0 Å². The largest absolute Gasteiger partial charge is 0.444 e. The fourth-order valence-corrected chi connectivity index (χ4v) is 3.22. The number of carbonyl (C=O) groups excluding carboxylic acids is 3. The maximum absolute atomic E-state index is 13.4. The lowest BCUT2D eigenvalue weighted by Crippen LogP contribution is -2.46. The Morgan fingerprint density at radius 2 is 1.60 bits per heavy atom. The summed E-state index contributed by atoms with van der Waals surface area (Å²) in [5.41, 5.74) is -0.721. The van der Waals surface area contributed by atoms with E-state index in [4.69, 9.17) is 9.47 Å². The number of ether oxygens (including phenoxy) is 2. The minimum Gasteiger partial charge on any atom is -0.444 e. The number of halogens is 1. The molecule has 1 aromatic carbocycles. The number of carbonyl (C=O) groups is 3. The summed E-state index contributed by atoms with van der Waals surface area (Å²) in [5.74, 6) is -0.538. The molecule has 0 aromatic heterocycles. The molecule has 0 saturated heterocycles. The molecule has 0 N–H and O–H groups in total. The number of nitrogens with zero attached hydrogens (tertiary/aromatic N) is 2. The lowest BCUT2D eigenvalue weighted by Gasteiger charge is -2.32. The number of hydrogen-bond acceptors (Lipinski definition) is 5. The van der Waals surface area contributed by atoms with Gasteiger partial charge in [0.25, 0.3) is 5.91 Å². The molecule has 0 aliphatic carbocycles. The molecule has 7 nitrogen and oxygen atoms in total. The maximum Gasteiger partial charge on any atom is 0.422 e. The molecule has 0 saturated carbocycles. The van der Waals surface area contributed by atoms with Gasteiger partial charge in [-0.1, -0.05) is 18.2 Å². The van der Waals surface area contributed by atoms with Crippen LogP contribution in [0.2, 0.25) is 0 Å². The van der Waals surface area contributed by atoms with Crippen LogP contribution in [-0.2, 0) is 14.3 Å². The molecule has 0 spiro atoms. The summed E-state index contributed by atoms with van der Waals surface area (Å²) in [5, 5.41) is 0. The van der Waals surface area contributed by atoms with Crippen molar-refractivity contribution >= 4 is 39.7 Å². The Labute approximate surface area is 186 Å². The van der Waals surface area contributed by atoms with Crippen LogP contribution in [0.15, 0.2) is 40.4 Å². The third-order valence-corrected chi connectivity index (χ3v) is 4.62. The van der Waals surface area contributed by atoms with Crippen molar-refractivity contribution < 1.29 is 23.9 Å². The molecule has 1 heterocycles. The average Bonchev–Trinajstić information content (AvgIpc) is 2.60. The zero-order valence-electron chi connectivity index (χ0n) is 18.3. The summed E-state index contributed by atoms with van der Waals surface area (Å²) < 4.78 is 11.5. The number of anilines is 1. The van der Waals surface area contributed by atoms with Crippen molar-refractivity contribution in [1.82, 2.24) is 4.90 Å². The number of imide groups is 1. The van der Waals surface area contributed by atoms with Crippen molar-refractivity contribution in [2.75, 3.05) is 18.0 Å². The molecule has 0 radical (unpaired) electrons. The van der Waals surface area contributed by atoms with Gasteiger partial charge in [0.1, 0.15) is 11.2 Å². The van der Waals surface area contributed by atoms with Crippen molar-refractivity contribution in [3.05, 3.63) is 40.4 Å². The number of benzene rings is 1. The van der Waals surface area contributed by atoms with E-state index in [1.807, 2.05) is 0 Å². The minimum absolute atomic E-state index is 0.0531. The van der Waals surface area contributed by atoms with Crippen LogP contribution in [0.4, 0.5) is 15.3 Å². The highest BCUT2D eigenvalue weighted by Crippen LogP contribution is 2.29. The Kier molecular flexibility index (Phi) is 7.34. The number of rotatable bonds is 2. The van der Waals surface area contributed by atoms with Gasteiger partial charge in [-0.2, -0.15) is 0 Å². The Hall–Kier alpha value is -2.35. The molecule has 0 unspecified atom stereocenters. The van der Waals surface area contributed by atoms with E-state index in [-0.39, 0.29) is 6.54 Å². The van der Waals surface area contributed by atoms with Crippen molar-refractivity contribution in [1.29, 1.82) is 0 Å². The van der Waals surface area contributed by atoms with Crippen LogP contribution in [0.25, 0.3) is 0 Å². The molecule has 1 aliphatic heterocycles. The van der Waals surface area contributed by atoms with E-state index in [2.05, 4.69) is 15.9 Å². The van der Waals surface area contributed by atoms with Gasteiger partial charge in [-0.15, -0.1) is 0 Å². The highest BCUT2D eigenvalue weighted by atomic mass is 79.9. The van der Waals surface area contributed by atoms with Gasteiger partial charge in [-0.25, -0.2) is 14.5 Å². The first-order chi connectivity index (χ1) is 13.8. The van der Waals surface area contributed by atoms with E-state index in [1.165, 1.54) is 4.90 Å². The van der Waals surface area contributed by atoms with Crippen LogP contribution < -0.4 is 4.90 Å². The van der Waals surface area contributed by atoms with Gasteiger partial charge in [-0.3, -0.25) is 4.79 Å². The Balaban J connectivity index is 2.31. The average molecular weight is 481 g/mol. The van der Waals surface area contributed by atoms with Crippen molar-refractivity contribution in [3.8, 4) is 0 Å². The van der Waals surface area contributed by atoms with Gasteiger partial charge in [-0.05, 0) is 76.0 Å². The predicted molar refractivity (Wildman–Crippen MR) is 118 cm³/mol. The fourth-order valence-electron chi connectivity index (χ4n) is 2.76. The number of hydrogen-bond donors (Lipinski definition) is 0. The second-order valence-electron chi connectivity index (χ2n) is 8.99. The molecule has 0 fully saturated rings. The van der Waals surface area contributed by atoms with Crippen LogP contribution in [0.3, 0.4) is 0 Å². The summed E-state index contributed by atoms with van der Waals surface area (Å²) in [4.78, 5) is 41.2. The second-order valence-corrected chi connectivity index (χ2v) is 9.85. The highest BCUT2D eigenvalue weighted by molar-refractivity contribution is 9.10. The Morgan fingerprint density at radius 1 is 1.00 bits per heavy atom. The van der Waals surface area contributed by atoms with Crippen molar-refractivity contribution in [2.24, 2.45) is 0 Å². The predicted octanol–water partition coefficient (Wildman–Crippen LogP) is 5.28. The third kappa shape index (κ3) is 6.58. The SMILES string of the molecule is CC(C)(C)OC(=O)N1CCC=C(C(=O)N(C(=O)OC(C)(C)C)c2ccccc2Br)C1. The van der Waals surface area contributed by atoms with Gasteiger partial charge in [0.15, 0.2) is 0 Å². The first kappa shape index (κ1) is 23.9. The highest BCUT2D eigenvalue weighted by Gasteiger charge is 2.34. The zero-order chi connectivity index (χ0) is 22.7. The summed E-state index contributed by atoms with van der Waals surface area (Å²) >= 11 is 3.40. The number of amides is 3. The molecule has 164 valence electrons. The molecule has 1 aromatic rings. The smallest absolute Gasteiger partial charge is 0.422 e. The van der Waals surface area contributed by atoms with E-state index < -0.39 is 29.3 Å². The van der Waals surface area contributed by atoms with Crippen molar-refractivity contribution in [3.63, 3.8) is 0 Å². The molecule has 0 atom stereocenters. The molecule has 1 aliphatic rings. The molecule has 2 rings (SSSR count). The second kappa shape index (κ2) is 9.20. The molecule has 8 heteroatoms. The molecular weight excluding hydrogens is 452 g/mol. The minimum atomic E-state index is -0.783. The molecule has 0 bridgehead atoms. The standard InChI is InChI=1S/C22H29BrN2O5/c1-21(2,3)29-19(27)24-13-9-10-15(14-24)18(26)25(20(28)30-22(4,5)6)17-12-8-7-11-16(17)23/h7-8,10-12H,9,13-14H2,1-6H3. The van der Waals surface area contributed by atoms with Gasteiger partial charge >= 0.3 is 12.2 Å². The van der Waals surface area contributed by atoms with Crippen LogP contribution >= 0.6 is 15.9 Å². The quantitative estimate of drug-likeness (QED) is 0.574. The van der Waals surface area contributed by atoms with Gasteiger partial charge < -0.3 is 14.4 Å². The van der Waals surface area contributed by atoms with Gasteiger partial charge in [0.2, 0.25) is 0 Å². The van der Waals surface area contributed by atoms with E-state index in [9.17, 15) is 14.4 Å². The number of para-hydroxylation sites is 1. The van der Waals surface area contributed by atoms with E-state index in [0.717, 1.165) is 4.90 Å². The maximum atomic E-state index is 13.4. The van der Waals surface area contributed by atoms with Crippen LogP contribution in [0, 0.1) is 0 Å². The lowest BCUT2D eigenvalue weighted by atomic mass is 10.1. The van der Waals surface area contributed by atoms with Crippen molar-refractivity contribution in [2.45, 2.75) is 59.2 Å². The fraction of sp³-hybridized carbons (Fsp3) is 0.500. The zero-order valence-corrected chi connectivity index (χ0v) is 19.9. The van der Waals surface area contributed by atoms with Gasteiger partial charge in [0, 0.05) is 16.6 Å². The Bertz CT molecular complexity index is 852. The van der Waals surface area contributed by atoms with E-state index in [1.54, 1.807) is 71.9 Å². The molecule has 30 heavy (non-hydrogen) atoms. The van der Waals surface area contributed by atoms with E-state index in [0.29, 0.717) is 28.7 Å². The third-order valence-electron chi connectivity index (χ3n) is 3.95. The molecular formula is C22H29BrN2O5. The van der Waals surface area contributed by atoms with E-state index >= 15 is 0 Å². The van der Waals surface area contributed by atoms with Gasteiger partial charge in [0.05, 0.1) is 12.2 Å². The normalized spacial score (nSPS) is 14.6. The summed E-state index contributed by atoms with van der Waals surface area (Å²) in [7, 11) is 0. The monoisotopic (exact) mass is 480 g/mol. The topological polar surface area (TPSA) is 76.2 Å². The van der Waals surface area contributed by atoms with Crippen LogP contribution in [-0.4, -0.2) is 47.3 Å². The first-order valence-corrected chi connectivity index (χ1v) is 10.6. The summed E-state index contributed by atoms with van der Waals surface area (Å²) in [6, 6.07) is 6.91. The lowest BCUT2D eigenvalue weighted by molar-refractivity contribution is -0.115. The molecule has 3 amide bonds. The summed E-state index contributed by atoms with van der Waals surface area (Å²) in [6.07, 6.45) is 0.954. The first-order valence-electron chi connectivity index (χ1n) is 9.77.